The Bertz CT molecular complexity index is 596. The second kappa shape index (κ2) is 6.38. The molecule has 0 spiro atoms. The fraction of sp³-hybridized carbons (Fsp3) is 0.588. The summed E-state index contributed by atoms with van der Waals surface area (Å²) in [4.78, 5) is 14.8. The Kier molecular flexibility index (Phi) is 4.74. The summed E-state index contributed by atoms with van der Waals surface area (Å²) < 4.78 is 11.2. The Morgan fingerprint density at radius 2 is 1.88 bits per heavy atom. The zero-order valence-electron chi connectivity index (χ0n) is 13.4. The molecule has 4 rings (SSSR count). The van der Waals surface area contributed by atoms with Crippen LogP contribution in [0.2, 0.25) is 0 Å². The number of aliphatic hydroxyl groups excluding tert-OH is 1. The van der Waals surface area contributed by atoms with E-state index in [-0.39, 0.29) is 47.4 Å². The van der Waals surface area contributed by atoms with Crippen molar-refractivity contribution in [2.75, 3.05) is 13.7 Å². The molecule has 0 aromatic heterocycles. The molecule has 0 amide bonds. The highest BCUT2D eigenvalue weighted by molar-refractivity contribution is 8.93. The fourth-order valence-corrected chi connectivity index (χ4v) is 4.03. The van der Waals surface area contributed by atoms with Crippen LogP contribution in [-0.2, 0) is 19.9 Å². The maximum absolute atomic E-state index is 12.5. The van der Waals surface area contributed by atoms with E-state index in [9.17, 15) is 15.0 Å². The number of hydrogen-bond acceptors (Lipinski definition) is 6. The number of benzene rings is 1. The van der Waals surface area contributed by atoms with Crippen molar-refractivity contribution in [3.8, 4) is 0 Å². The van der Waals surface area contributed by atoms with Crippen LogP contribution in [0, 0.1) is 0 Å². The number of hydrogen-bond donors (Lipinski definition) is 2. The van der Waals surface area contributed by atoms with E-state index in [0.29, 0.717) is 18.4 Å². The molecule has 3 saturated heterocycles. The molecule has 3 fully saturated rings. The standard InChI is InChI=1S/C17H21NO5.BrH/c1-18-12-7-11(8-13(18)15-14(12)23-15)22-16(20)17(21,9-19)10-5-3-2-4-6-10;/h2-6,11-15,19,21H,7-9H2,1H3;1H/t11?,12-,13+,14-,15-,17?;/m0./s1. The summed E-state index contributed by atoms with van der Waals surface area (Å²) in [5, 5.41) is 20.2. The number of epoxide rings is 1. The van der Waals surface area contributed by atoms with E-state index in [1.807, 2.05) is 0 Å². The number of carbonyl (C=O) groups is 1. The molecule has 1 aromatic carbocycles. The third-order valence-electron chi connectivity index (χ3n) is 5.47. The molecular formula is C17H22BrNO5. The van der Waals surface area contributed by atoms with Gasteiger partial charge >= 0.3 is 5.97 Å². The SMILES string of the molecule is Br.CN1[C@@H]2CC(OC(=O)C(O)(CO)c3ccccc3)C[C@H]1[C@@H]1O[C@H]12. The van der Waals surface area contributed by atoms with E-state index in [1.165, 1.54) is 0 Å². The lowest BCUT2D eigenvalue weighted by molar-refractivity contribution is -0.181. The number of likely N-dealkylation sites (N-methyl/N-ethyl adjacent to an activating group) is 1. The van der Waals surface area contributed by atoms with Crippen molar-refractivity contribution in [2.24, 2.45) is 0 Å². The van der Waals surface area contributed by atoms with Gasteiger partial charge < -0.3 is 19.7 Å². The van der Waals surface area contributed by atoms with E-state index >= 15 is 0 Å². The lowest BCUT2D eigenvalue weighted by Gasteiger charge is -2.38. The molecular weight excluding hydrogens is 378 g/mol. The maximum atomic E-state index is 12.5. The molecule has 0 saturated carbocycles. The van der Waals surface area contributed by atoms with Crippen LogP contribution >= 0.6 is 17.0 Å². The van der Waals surface area contributed by atoms with Gasteiger partial charge in [-0.1, -0.05) is 30.3 Å². The quantitative estimate of drug-likeness (QED) is 0.569. The van der Waals surface area contributed by atoms with Crippen molar-refractivity contribution in [3.63, 3.8) is 0 Å². The first-order chi connectivity index (χ1) is 11.0. The van der Waals surface area contributed by atoms with E-state index in [2.05, 4.69) is 11.9 Å². The number of halogens is 1. The minimum atomic E-state index is -2.01. The van der Waals surface area contributed by atoms with Gasteiger partial charge in [0.05, 0.1) is 6.61 Å². The Morgan fingerprint density at radius 1 is 1.29 bits per heavy atom. The molecule has 132 valence electrons. The maximum Gasteiger partial charge on any atom is 0.345 e. The molecule has 1 aromatic rings. The Balaban J connectivity index is 0.00000169. The van der Waals surface area contributed by atoms with Crippen molar-refractivity contribution in [1.82, 2.24) is 4.90 Å². The molecule has 2 unspecified atom stereocenters. The summed E-state index contributed by atoms with van der Waals surface area (Å²) >= 11 is 0. The van der Waals surface area contributed by atoms with Crippen LogP contribution in [0.1, 0.15) is 18.4 Å². The van der Waals surface area contributed by atoms with E-state index in [0.717, 1.165) is 0 Å². The first kappa shape index (κ1) is 17.8. The number of fused-ring (bicyclic) bond motifs is 5. The minimum absolute atomic E-state index is 0. The van der Waals surface area contributed by atoms with Crippen LogP contribution in [0.3, 0.4) is 0 Å². The summed E-state index contributed by atoms with van der Waals surface area (Å²) in [5.74, 6) is -0.783. The smallest absolute Gasteiger partial charge is 0.345 e. The summed E-state index contributed by atoms with van der Waals surface area (Å²) in [6.07, 6.45) is 1.69. The first-order valence-electron chi connectivity index (χ1n) is 8.02. The van der Waals surface area contributed by atoms with E-state index < -0.39 is 18.2 Å². The number of esters is 1. The minimum Gasteiger partial charge on any atom is -0.460 e. The van der Waals surface area contributed by atoms with Gasteiger partial charge in [-0.3, -0.25) is 4.90 Å². The van der Waals surface area contributed by atoms with Crippen LogP contribution < -0.4 is 0 Å². The number of nitrogens with zero attached hydrogens (tertiary/aromatic N) is 1. The Hall–Kier alpha value is -0.990. The largest absolute Gasteiger partial charge is 0.460 e. The molecule has 0 radical (unpaired) electrons. The van der Waals surface area contributed by atoms with Gasteiger partial charge in [-0.05, 0) is 12.6 Å². The van der Waals surface area contributed by atoms with Gasteiger partial charge in [-0.2, -0.15) is 0 Å². The number of rotatable bonds is 4. The van der Waals surface area contributed by atoms with Crippen molar-refractivity contribution in [2.45, 2.75) is 48.8 Å². The topological polar surface area (TPSA) is 82.5 Å². The third-order valence-corrected chi connectivity index (χ3v) is 5.47. The van der Waals surface area contributed by atoms with Gasteiger partial charge in [-0.15, -0.1) is 17.0 Å². The average molecular weight is 400 g/mol. The number of aliphatic hydroxyl groups is 2. The van der Waals surface area contributed by atoms with Crippen molar-refractivity contribution >= 4 is 23.0 Å². The fourth-order valence-electron chi connectivity index (χ4n) is 4.03. The van der Waals surface area contributed by atoms with Crippen LogP contribution in [0.25, 0.3) is 0 Å². The Labute approximate surface area is 151 Å². The molecule has 6 atom stereocenters. The third kappa shape index (κ3) is 2.68. The van der Waals surface area contributed by atoms with E-state index in [1.54, 1.807) is 30.3 Å². The predicted octanol–water partition coefficient (Wildman–Crippen LogP) is 0.600. The molecule has 2 N–H and O–H groups in total. The molecule has 24 heavy (non-hydrogen) atoms. The second-order valence-electron chi connectivity index (χ2n) is 6.75. The predicted molar refractivity (Wildman–Crippen MR) is 90.9 cm³/mol. The molecule has 3 aliphatic heterocycles. The summed E-state index contributed by atoms with van der Waals surface area (Å²) in [7, 11) is 2.08. The molecule has 7 heteroatoms. The number of ether oxygens (including phenoxy) is 2. The van der Waals surface area contributed by atoms with Gasteiger partial charge in [0, 0.05) is 24.9 Å². The van der Waals surface area contributed by atoms with Crippen molar-refractivity contribution in [3.05, 3.63) is 35.9 Å². The van der Waals surface area contributed by atoms with Crippen LogP contribution in [-0.4, -0.2) is 65.1 Å². The monoisotopic (exact) mass is 399 g/mol. The number of piperidine rings is 1. The highest BCUT2D eigenvalue weighted by Gasteiger charge is 2.63. The van der Waals surface area contributed by atoms with Gasteiger partial charge in [0.25, 0.3) is 0 Å². The van der Waals surface area contributed by atoms with Gasteiger partial charge in [-0.25, -0.2) is 4.79 Å². The number of carbonyl (C=O) groups excluding carboxylic acids is 1. The van der Waals surface area contributed by atoms with Gasteiger partial charge in [0.15, 0.2) is 0 Å². The van der Waals surface area contributed by atoms with Crippen LogP contribution in [0.4, 0.5) is 0 Å². The molecule has 3 heterocycles. The summed E-state index contributed by atoms with van der Waals surface area (Å²) in [6, 6.07) is 8.98. The average Bonchev–Trinajstić information content (AvgIpc) is 3.33. The van der Waals surface area contributed by atoms with Crippen molar-refractivity contribution in [1.29, 1.82) is 0 Å². The summed E-state index contributed by atoms with van der Waals surface area (Å²) in [6.45, 7) is -0.705. The highest BCUT2D eigenvalue weighted by atomic mass is 79.9. The Morgan fingerprint density at radius 3 is 2.42 bits per heavy atom. The normalized spacial score (nSPS) is 36.2. The zero-order valence-corrected chi connectivity index (χ0v) is 15.1. The van der Waals surface area contributed by atoms with Gasteiger partial charge in [0.1, 0.15) is 18.3 Å². The van der Waals surface area contributed by atoms with Crippen molar-refractivity contribution < 1.29 is 24.5 Å². The second-order valence-corrected chi connectivity index (χ2v) is 6.75. The summed E-state index contributed by atoms with van der Waals surface area (Å²) in [5.41, 5.74) is -1.67. The molecule has 2 bridgehead atoms. The van der Waals surface area contributed by atoms with Crippen LogP contribution in [0.15, 0.2) is 30.3 Å². The van der Waals surface area contributed by atoms with Gasteiger partial charge in [0.2, 0.25) is 5.60 Å². The molecule has 6 nitrogen and oxygen atoms in total. The van der Waals surface area contributed by atoms with E-state index in [4.69, 9.17) is 9.47 Å². The lowest BCUT2D eigenvalue weighted by Crippen LogP contribution is -2.50. The highest BCUT2D eigenvalue weighted by Crippen LogP contribution is 2.48. The van der Waals surface area contributed by atoms with Crippen LogP contribution in [0.5, 0.6) is 0 Å². The first-order valence-corrected chi connectivity index (χ1v) is 8.02. The zero-order chi connectivity index (χ0) is 16.2. The lowest BCUT2D eigenvalue weighted by atomic mass is 9.94. The molecule has 3 aliphatic rings. The molecule has 0 aliphatic carbocycles. The number of morpholine rings is 1.